The minimum absolute atomic E-state index is 0.142. The molecule has 3 heterocycles. The van der Waals surface area contributed by atoms with E-state index < -0.39 is 0 Å². The van der Waals surface area contributed by atoms with Gasteiger partial charge < -0.3 is 9.64 Å². The summed E-state index contributed by atoms with van der Waals surface area (Å²) in [6.45, 7) is 10.3. The summed E-state index contributed by atoms with van der Waals surface area (Å²) in [5, 5.41) is 4.45. The van der Waals surface area contributed by atoms with Gasteiger partial charge in [-0.1, -0.05) is 0 Å². The van der Waals surface area contributed by atoms with Crippen molar-refractivity contribution in [3.8, 4) is 0 Å². The number of carbonyl (C=O) groups excluding carboxylic acids is 1. The third-order valence-electron chi connectivity index (χ3n) is 4.78. The second-order valence-corrected chi connectivity index (χ2v) is 6.68. The standard InChI is InChI=1S/C16H27N5O2/c1-12-9-20(7-8-23-12)16(22)11-19-6-4-5-15(19)10-21-14(3)17-13(2)18-21/h12,15H,4-11H2,1-3H3. The molecule has 0 spiro atoms. The Bertz CT molecular complexity index is 559. The van der Waals surface area contributed by atoms with E-state index in [1.54, 1.807) is 0 Å². The van der Waals surface area contributed by atoms with Crippen LogP contribution < -0.4 is 0 Å². The van der Waals surface area contributed by atoms with Gasteiger partial charge in [0.2, 0.25) is 5.91 Å². The molecule has 3 rings (SSSR count). The number of carbonyl (C=O) groups is 1. The van der Waals surface area contributed by atoms with E-state index in [0.717, 1.165) is 37.6 Å². The lowest BCUT2D eigenvalue weighted by atomic mass is 10.2. The first-order chi connectivity index (χ1) is 11.0. The van der Waals surface area contributed by atoms with Gasteiger partial charge in [-0.3, -0.25) is 9.69 Å². The summed E-state index contributed by atoms with van der Waals surface area (Å²) in [5.41, 5.74) is 0. The van der Waals surface area contributed by atoms with Gasteiger partial charge in [-0.05, 0) is 40.2 Å². The molecule has 7 nitrogen and oxygen atoms in total. The van der Waals surface area contributed by atoms with Gasteiger partial charge in [-0.2, -0.15) is 5.10 Å². The summed E-state index contributed by atoms with van der Waals surface area (Å²) in [4.78, 5) is 21.2. The number of hydrogen-bond donors (Lipinski definition) is 0. The molecule has 0 bridgehead atoms. The largest absolute Gasteiger partial charge is 0.375 e. The van der Waals surface area contributed by atoms with Crippen molar-refractivity contribution in [2.45, 2.75) is 52.3 Å². The Morgan fingerprint density at radius 3 is 2.87 bits per heavy atom. The van der Waals surface area contributed by atoms with E-state index in [-0.39, 0.29) is 12.0 Å². The number of rotatable bonds is 4. The number of ether oxygens (including phenoxy) is 1. The summed E-state index contributed by atoms with van der Waals surface area (Å²) in [6.07, 6.45) is 2.40. The lowest BCUT2D eigenvalue weighted by Gasteiger charge is -2.33. The number of nitrogens with zero attached hydrogens (tertiary/aromatic N) is 5. The van der Waals surface area contributed by atoms with Crippen molar-refractivity contribution in [3.63, 3.8) is 0 Å². The maximum atomic E-state index is 12.6. The summed E-state index contributed by atoms with van der Waals surface area (Å²) in [5.74, 6) is 1.98. The van der Waals surface area contributed by atoms with Crippen LogP contribution in [0.2, 0.25) is 0 Å². The second-order valence-electron chi connectivity index (χ2n) is 6.68. The summed E-state index contributed by atoms with van der Waals surface area (Å²) < 4.78 is 7.49. The molecule has 2 fully saturated rings. The predicted octanol–water partition coefficient (Wildman–Crippen LogP) is 0.607. The van der Waals surface area contributed by atoms with Crippen LogP contribution in [0.15, 0.2) is 0 Å². The molecular formula is C16H27N5O2. The van der Waals surface area contributed by atoms with E-state index >= 15 is 0 Å². The second kappa shape index (κ2) is 6.97. The average Bonchev–Trinajstić information content (AvgIpc) is 3.06. The first kappa shape index (κ1) is 16.4. The molecule has 23 heavy (non-hydrogen) atoms. The zero-order valence-corrected chi connectivity index (χ0v) is 14.4. The number of morpholine rings is 1. The molecular weight excluding hydrogens is 294 g/mol. The van der Waals surface area contributed by atoms with Crippen molar-refractivity contribution in [1.82, 2.24) is 24.6 Å². The molecule has 0 aliphatic carbocycles. The van der Waals surface area contributed by atoms with Crippen molar-refractivity contribution in [2.24, 2.45) is 0 Å². The molecule has 0 N–H and O–H groups in total. The first-order valence-corrected chi connectivity index (χ1v) is 8.54. The summed E-state index contributed by atoms with van der Waals surface area (Å²) in [7, 11) is 0. The van der Waals surface area contributed by atoms with Gasteiger partial charge in [0.25, 0.3) is 0 Å². The molecule has 0 aromatic carbocycles. The highest BCUT2D eigenvalue weighted by atomic mass is 16.5. The van der Waals surface area contributed by atoms with Crippen molar-refractivity contribution in [3.05, 3.63) is 11.6 Å². The van der Waals surface area contributed by atoms with E-state index in [1.807, 2.05) is 30.4 Å². The van der Waals surface area contributed by atoms with Crippen molar-refractivity contribution >= 4 is 5.91 Å². The molecule has 2 saturated heterocycles. The highest BCUT2D eigenvalue weighted by Crippen LogP contribution is 2.19. The Balaban J connectivity index is 1.58. The third kappa shape index (κ3) is 3.90. The Labute approximate surface area is 137 Å². The zero-order valence-electron chi connectivity index (χ0n) is 14.4. The molecule has 2 aliphatic rings. The smallest absolute Gasteiger partial charge is 0.236 e. The van der Waals surface area contributed by atoms with Crippen molar-refractivity contribution in [1.29, 1.82) is 0 Å². The minimum Gasteiger partial charge on any atom is -0.375 e. The molecule has 7 heteroatoms. The Kier molecular flexibility index (Phi) is 4.96. The summed E-state index contributed by atoms with van der Waals surface area (Å²) >= 11 is 0. The zero-order chi connectivity index (χ0) is 16.4. The van der Waals surface area contributed by atoms with Crippen LogP contribution in [0.4, 0.5) is 0 Å². The number of hydrogen-bond acceptors (Lipinski definition) is 5. The van der Waals surface area contributed by atoms with Crippen molar-refractivity contribution in [2.75, 3.05) is 32.8 Å². The molecule has 1 aromatic heterocycles. The Morgan fingerprint density at radius 1 is 1.35 bits per heavy atom. The lowest BCUT2D eigenvalue weighted by molar-refractivity contribution is -0.139. The van der Waals surface area contributed by atoms with Crippen LogP contribution >= 0.6 is 0 Å². The van der Waals surface area contributed by atoms with E-state index in [9.17, 15) is 4.79 Å². The van der Waals surface area contributed by atoms with Crippen LogP contribution in [0.3, 0.4) is 0 Å². The van der Waals surface area contributed by atoms with Gasteiger partial charge >= 0.3 is 0 Å². The number of amides is 1. The third-order valence-corrected chi connectivity index (χ3v) is 4.78. The molecule has 0 saturated carbocycles. The topological polar surface area (TPSA) is 63.5 Å². The van der Waals surface area contributed by atoms with Gasteiger partial charge in [-0.15, -0.1) is 0 Å². The maximum Gasteiger partial charge on any atom is 0.236 e. The fourth-order valence-corrected chi connectivity index (χ4v) is 3.56. The van der Waals surface area contributed by atoms with Crippen molar-refractivity contribution < 1.29 is 9.53 Å². The SMILES string of the molecule is Cc1nc(C)n(CC2CCCN2CC(=O)N2CCOC(C)C2)n1. The van der Waals surface area contributed by atoms with E-state index in [1.165, 1.54) is 0 Å². The fraction of sp³-hybridized carbons (Fsp3) is 0.812. The highest BCUT2D eigenvalue weighted by molar-refractivity contribution is 5.78. The molecule has 2 unspecified atom stereocenters. The quantitative estimate of drug-likeness (QED) is 0.813. The van der Waals surface area contributed by atoms with Crippen LogP contribution in [0.25, 0.3) is 0 Å². The van der Waals surface area contributed by atoms with Crippen LogP contribution in [-0.2, 0) is 16.1 Å². The molecule has 2 atom stereocenters. The Morgan fingerprint density at radius 2 is 2.17 bits per heavy atom. The highest BCUT2D eigenvalue weighted by Gasteiger charge is 2.30. The van der Waals surface area contributed by atoms with Gasteiger partial charge in [-0.25, -0.2) is 9.67 Å². The van der Waals surface area contributed by atoms with E-state index in [4.69, 9.17) is 4.74 Å². The average molecular weight is 321 g/mol. The monoisotopic (exact) mass is 321 g/mol. The van der Waals surface area contributed by atoms with E-state index in [2.05, 4.69) is 15.0 Å². The Hall–Kier alpha value is -1.47. The lowest BCUT2D eigenvalue weighted by Crippen LogP contribution is -2.49. The van der Waals surface area contributed by atoms with Gasteiger partial charge in [0, 0.05) is 19.1 Å². The number of likely N-dealkylation sites (tertiary alicyclic amines) is 1. The maximum absolute atomic E-state index is 12.6. The van der Waals surface area contributed by atoms with Crippen LogP contribution in [-0.4, -0.2) is 75.4 Å². The van der Waals surface area contributed by atoms with Gasteiger partial charge in [0.05, 0.1) is 25.8 Å². The van der Waals surface area contributed by atoms with Crippen LogP contribution in [0, 0.1) is 13.8 Å². The minimum atomic E-state index is 0.142. The molecule has 0 radical (unpaired) electrons. The molecule has 1 amide bonds. The fourth-order valence-electron chi connectivity index (χ4n) is 3.56. The number of aryl methyl sites for hydroxylation is 2. The molecule has 2 aliphatic heterocycles. The normalized spacial score (nSPS) is 26.0. The predicted molar refractivity (Wildman–Crippen MR) is 86.1 cm³/mol. The van der Waals surface area contributed by atoms with Crippen LogP contribution in [0.1, 0.15) is 31.4 Å². The van der Waals surface area contributed by atoms with Gasteiger partial charge in [0.15, 0.2) is 0 Å². The first-order valence-electron chi connectivity index (χ1n) is 8.54. The summed E-state index contributed by atoms with van der Waals surface area (Å²) in [6, 6.07) is 0.372. The molecule has 128 valence electrons. The van der Waals surface area contributed by atoms with Crippen LogP contribution in [0.5, 0.6) is 0 Å². The number of aromatic nitrogens is 3. The van der Waals surface area contributed by atoms with E-state index in [0.29, 0.717) is 32.3 Å². The van der Waals surface area contributed by atoms with Gasteiger partial charge in [0.1, 0.15) is 11.6 Å². The molecule has 1 aromatic rings.